The SMILES string of the molecule is COc1ccc(OCC(=O)N/N=C\c2cc(C)n(-c3ccnn3C(C)C)c2C)cc1. The third-order valence-corrected chi connectivity index (χ3v) is 4.66. The number of nitrogens with zero attached hydrogens (tertiary/aromatic N) is 4. The first-order chi connectivity index (χ1) is 14.4. The number of hydrazone groups is 1. The normalized spacial score (nSPS) is 11.3. The van der Waals surface area contributed by atoms with Gasteiger partial charge in [0.1, 0.15) is 17.3 Å². The lowest BCUT2D eigenvalue weighted by Crippen LogP contribution is -2.24. The molecule has 0 aliphatic carbocycles. The molecule has 2 aromatic heterocycles. The van der Waals surface area contributed by atoms with Gasteiger partial charge in [-0.1, -0.05) is 0 Å². The van der Waals surface area contributed by atoms with E-state index in [0.29, 0.717) is 5.75 Å². The molecule has 1 amide bonds. The second-order valence-electron chi connectivity index (χ2n) is 7.15. The first-order valence-electron chi connectivity index (χ1n) is 9.72. The number of nitrogens with one attached hydrogen (secondary N) is 1. The molecule has 0 radical (unpaired) electrons. The van der Waals surface area contributed by atoms with Crippen molar-refractivity contribution in [3.05, 3.63) is 59.5 Å². The van der Waals surface area contributed by atoms with Gasteiger partial charge in [0.05, 0.1) is 19.5 Å². The van der Waals surface area contributed by atoms with Crippen molar-refractivity contribution in [3.63, 3.8) is 0 Å². The number of ether oxygens (including phenoxy) is 2. The van der Waals surface area contributed by atoms with E-state index in [1.165, 1.54) is 0 Å². The van der Waals surface area contributed by atoms with Crippen LogP contribution in [0.15, 0.2) is 47.7 Å². The maximum atomic E-state index is 12.0. The standard InChI is InChI=1S/C22H27N5O3/c1-15(2)27-22(10-11-24-27)26-16(3)12-18(17(26)4)13-23-25-21(28)14-30-20-8-6-19(29-5)7-9-20/h6-13,15H,14H2,1-5H3,(H,25,28)/b23-13-. The van der Waals surface area contributed by atoms with Crippen LogP contribution in [-0.2, 0) is 4.79 Å². The molecule has 30 heavy (non-hydrogen) atoms. The number of rotatable bonds is 8. The molecular weight excluding hydrogens is 382 g/mol. The zero-order valence-corrected chi connectivity index (χ0v) is 17.9. The summed E-state index contributed by atoms with van der Waals surface area (Å²) in [5, 5.41) is 8.48. The molecule has 0 fully saturated rings. The Morgan fingerprint density at radius 3 is 2.57 bits per heavy atom. The fraction of sp³-hybridized carbons (Fsp3) is 0.318. The number of methoxy groups -OCH3 is 1. The monoisotopic (exact) mass is 409 g/mol. The summed E-state index contributed by atoms with van der Waals surface area (Å²) < 4.78 is 14.6. The van der Waals surface area contributed by atoms with Crippen molar-refractivity contribution in [2.24, 2.45) is 5.10 Å². The molecule has 0 spiro atoms. The van der Waals surface area contributed by atoms with Crippen molar-refractivity contribution in [1.82, 2.24) is 19.8 Å². The van der Waals surface area contributed by atoms with Crippen LogP contribution in [-0.4, -0.2) is 40.2 Å². The van der Waals surface area contributed by atoms with Gasteiger partial charge in [-0.25, -0.2) is 10.1 Å². The van der Waals surface area contributed by atoms with E-state index in [4.69, 9.17) is 9.47 Å². The Balaban J connectivity index is 1.62. The number of aryl methyl sites for hydroxylation is 1. The number of carbonyl (C=O) groups excluding carboxylic acids is 1. The maximum Gasteiger partial charge on any atom is 0.277 e. The van der Waals surface area contributed by atoms with Gasteiger partial charge in [-0.2, -0.15) is 10.2 Å². The van der Waals surface area contributed by atoms with Crippen molar-refractivity contribution >= 4 is 12.1 Å². The zero-order chi connectivity index (χ0) is 21.7. The number of hydrogen-bond acceptors (Lipinski definition) is 5. The lowest BCUT2D eigenvalue weighted by molar-refractivity contribution is -0.123. The summed E-state index contributed by atoms with van der Waals surface area (Å²) in [7, 11) is 1.59. The number of amides is 1. The average Bonchev–Trinajstić information content (AvgIpc) is 3.31. The summed E-state index contributed by atoms with van der Waals surface area (Å²) in [6, 6.07) is 11.3. The number of benzene rings is 1. The Labute approximate surface area is 176 Å². The second-order valence-corrected chi connectivity index (χ2v) is 7.15. The lowest BCUT2D eigenvalue weighted by Gasteiger charge is -2.14. The van der Waals surface area contributed by atoms with E-state index < -0.39 is 0 Å². The van der Waals surface area contributed by atoms with Crippen molar-refractivity contribution in [1.29, 1.82) is 0 Å². The zero-order valence-electron chi connectivity index (χ0n) is 17.9. The molecule has 8 nitrogen and oxygen atoms in total. The van der Waals surface area contributed by atoms with E-state index in [0.717, 1.165) is 28.5 Å². The summed E-state index contributed by atoms with van der Waals surface area (Å²) >= 11 is 0. The van der Waals surface area contributed by atoms with E-state index in [-0.39, 0.29) is 18.6 Å². The van der Waals surface area contributed by atoms with E-state index >= 15 is 0 Å². The van der Waals surface area contributed by atoms with Gasteiger partial charge >= 0.3 is 0 Å². The molecule has 0 aliphatic heterocycles. The highest BCUT2D eigenvalue weighted by Crippen LogP contribution is 2.21. The minimum Gasteiger partial charge on any atom is -0.497 e. The summed E-state index contributed by atoms with van der Waals surface area (Å²) in [5.74, 6) is 1.97. The first kappa shape index (κ1) is 21.2. The predicted molar refractivity (Wildman–Crippen MR) is 116 cm³/mol. The van der Waals surface area contributed by atoms with E-state index in [1.807, 2.05) is 30.7 Å². The van der Waals surface area contributed by atoms with Crippen molar-refractivity contribution < 1.29 is 14.3 Å². The smallest absolute Gasteiger partial charge is 0.277 e. The van der Waals surface area contributed by atoms with Gasteiger partial charge in [-0.15, -0.1) is 0 Å². The third-order valence-electron chi connectivity index (χ3n) is 4.66. The molecule has 0 atom stereocenters. The fourth-order valence-electron chi connectivity index (χ4n) is 3.18. The molecule has 1 aromatic carbocycles. The molecule has 1 N–H and O–H groups in total. The highest BCUT2D eigenvalue weighted by atomic mass is 16.5. The molecule has 2 heterocycles. The van der Waals surface area contributed by atoms with E-state index in [2.05, 4.69) is 34.0 Å². The van der Waals surface area contributed by atoms with Crippen LogP contribution in [0.1, 0.15) is 36.8 Å². The third kappa shape index (κ3) is 4.71. The largest absolute Gasteiger partial charge is 0.497 e. The maximum absolute atomic E-state index is 12.0. The minimum atomic E-state index is -0.339. The lowest BCUT2D eigenvalue weighted by atomic mass is 10.3. The van der Waals surface area contributed by atoms with Crippen LogP contribution in [0.3, 0.4) is 0 Å². The second kappa shape index (κ2) is 9.30. The van der Waals surface area contributed by atoms with Gasteiger partial charge in [0, 0.05) is 29.1 Å². The number of carbonyl (C=O) groups is 1. The van der Waals surface area contributed by atoms with Crippen LogP contribution in [0.25, 0.3) is 5.82 Å². The van der Waals surface area contributed by atoms with Gasteiger partial charge in [0.25, 0.3) is 5.91 Å². The predicted octanol–water partition coefficient (Wildman–Crippen LogP) is 3.41. The summed E-state index contributed by atoms with van der Waals surface area (Å²) in [5.41, 5.74) is 5.49. The summed E-state index contributed by atoms with van der Waals surface area (Å²) in [6.45, 7) is 8.10. The molecule has 0 aliphatic rings. The Hall–Kier alpha value is -3.55. The molecule has 158 valence electrons. The van der Waals surface area contributed by atoms with Gasteiger partial charge in [0.15, 0.2) is 6.61 Å². The highest BCUT2D eigenvalue weighted by Gasteiger charge is 2.14. The Bertz CT molecular complexity index is 1030. The molecule has 0 saturated heterocycles. The Morgan fingerprint density at radius 2 is 1.90 bits per heavy atom. The molecule has 3 rings (SSSR count). The van der Waals surface area contributed by atoms with Crippen LogP contribution >= 0.6 is 0 Å². The Kier molecular flexibility index (Phi) is 6.56. The number of aromatic nitrogens is 3. The quantitative estimate of drug-likeness (QED) is 0.457. The van der Waals surface area contributed by atoms with E-state index in [1.54, 1.807) is 43.8 Å². The van der Waals surface area contributed by atoms with Crippen molar-refractivity contribution in [2.75, 3.05) is 13.7 Å². The molecule has 0 bridgehead atoms. The average molecular weight is 409 g/mol. The van der Waals surface area contributed by atoms with Crippen LogP contribution in [0.2, 0.25) is 0 Å². The molecular formula is C22H27N5O3. The number of hydrogen-bond donors (Lipinski definition) is 1. The fourth-order valence-corrected chi connectivity index (χ4v) is 3.18. The van der Waals surface area contributed by atoms with Crippen LogP contribution in [0.5, 0.6) is 11.5 Å². The van der Waals surface area contributed by atoms with E-state index in [9.17, 15) is 4.79 Å². The molecule has 0 saturated carbocycles. The van der Waals surface area contributed by atoms with Crippen LogP contribution in [0.4, 0.5) is 0 Å². The highest BCUT2D eigenvalue weighted by molar-refractivity contribution is 5.84. The van der Waals surface area contributed by atoms with Crippen LogP contribution in [0, 0.1) is 13.8 Å². The topological polar surface area (TPSA) is 82.7 Å². The van der Waals surface area contributed by atoms with Gasteiger partial charge in [0.2, 0.25) is 0 Å². The van der Waals surface area contributed by atoms with Gasteiger partial charge in [-0.05, 0) is 58.0 Å². The summed E-state index contributed by atoms with van der Waals surface area (Å²) in [6.07, 6.45) is 3.44. The first-order valence-corrected chi connectivity index (χ1v) is 9.72. The molecule has 8 heteroatoms. The van der Waals surface area contributed by atoms with Crippen LogP contribution < -0.4 is 14.9 Å². The van der Waals surface area contributed by atoms with Crippen molar-refractivity contribution in [3.8, 4) is 17.3 Å². The van der Waals surface area contributed by atoms with Gasteiger partial charge in [-0.3, -0.25) is 4.79 Å². The molecule has 3 aromatic rings. The minimum absolute atomic E-state index is 0.129. The van der Waals surface area contributed by atoms with Gasteiger partial charge < -0.3 is 14.0 Å². The summed E-state index contributed by atoms with van der Waals surface area (Å²) in [4.78, 5) is 12.0. The Morgan fingerprint density at radius 1 is 1.20 bits per heavy atom. The molecule has 0 unspecified atom stereocenters. The van der Waals surface area contributed by atoms with Crippen molar-refractivity contribution in [2.45, 2.75) is 33.7 Å².